The lowest BCUT2D eigenvalue weighted by molar-refractivity contribution is 0.0914. The Bertz CT molecular complexity index is 994. The molecule has 0 saturated carbocycles. The second kappa shape index (κ2) is 9.73. The van der Waals surface area contributed by atoms with Crippen LogP contribution in [0.5, 0.6) is 0 Å². The molecule has 1 atom stereocenters. The molecule has 0 spiro atoms. The predicted molar refractivity (Wildman–Crippen MR) is 121 cm³/mol. The van der Waals surface area contributed by atoms with E-state index in [4.69, 9.17) is 16.0 Å². The minimum absolute atomic E-state index is 0.0649. The summed E-state index contributed by atoms with van der Waals surface area (Å²) >= 11 is 6.14. The van der Waals surface area contributed by atoms with Gasteiger partial charge < -0.3 is 9.73 Å². The van der Waals surface area contributed by atoms with E-state index in [1.165, 1.54) is 24.6 Å². The first kappa shape index (κ1) is 23.8. The summed E-state index contributed by atoms with van der Waals surface area (Å²) in [6.07, 6.45) is 5.07. The SMILES string of the molecule is CC(C)(C)NS(=O)(=O)c1cc(C(=O)NCC(c2ccco2)N2CCCCC2)ccc1Cl. The van der Waals surface area contributed by atoms with Crippen molar-refractivity contribution in [2.75, 3.05) is 19.6 Å². The highest BCUT2D eigenvalue weighted by Gasteiger charge is 2.27. The van der Waals surface area contributed by atoms with Gasteiger partial charge in [-0.25, -0.2) is 13.1 Å². The van der Waals surface area contributed by atoms with E-state index >= 15 is 0 Å². The summed E-state index contributed by atoms with van der Waals surface area (Å²) in [6.45, 7) is 7.47. The fourth-order valence-electron chi connectivity index (χ4n) is 3.72. The smallest absolute Gasteiger partial charge is 0.251 e. The fourth-order valence-corrected chi connectivity index (χ4v) is 5.67. The maximum atomic E-state index is 12.9. The molecule has 1 fully saturated rings. The standard InChI is InChI=1S/C22H30ClN3O4S/c1-22(2,3)25-31(28,29)20-14-16(9-10-17(20)23)21(27)24-15-18(19-8-7-13-30-19)26-11-5-4-6-12-26/h7-10,13-14,18,25H,4-6,11-12,15H2,1-3H3,(H,24,27). The summed E-state index contributed by atoms with van der Waals surface area (Å²) in [6, 6.07) is 7.95. The lowest BCUT2D eigenvalue weighted by atomic mass is 10.1. The van der Waals surface area contributed by atoms with E-state index < -0.39 is 15.6 Å². The molecule has 1 unspecified atom stereocenters. The minimum atomic E-state index is -3.87. The summed E-state index contributed by atoms with van der Waals surface area (Å²) in [4.78, 5) is 15.1. The van der Waals surface area contributed by atoms with Gasteiger partial charge in [-0.3, -0.25) is 9.69 Å². The summed E-state index contributed by atoms with van der Waals surface area (Å²) in [5, 5.41) is 3.00. The summed E-state index contributed by atoms with van der Waals surface area (Å²) in [5.41, 5.74) is -0.443. The molecule has 1 aromatic carbocycles. The third-order valence-corrected chi connectivity index (χ3v) is 7.32. The number of nitrogens with zero attached hydrogens (tertiary/aromatic N) is 1. The molecule has 1 aromatic heterocycles. The lowest BCUT2D eigenvalue weighted by Gasteiger charge is -2.33. The van der Waals surface area contributed by atoms with Crippen molar-refractivity contribution in [2.45, 2.75) is 56.5 Å². The average Bonchev–Trinajstić information content (AvgIpc) is 3.21. The van der Waals surface area contributed by atoms with E-state index in [-0.39, 0.29) is 27.4 Å². The largest absolute Gasteiger partial charge is 0.468 e. The van der Waals surface area contributed by atoms with Gasteiger partial charge in [0.05, 0.1) is 17.3 Å². The number of hydrogen-bond acceptors (Lipinski definition) is 5. The molecule has 7 nitrogen and oxygen atoms in total. The Morgan fingerprint density at radius 3 is 2.52 bits per heavy atom. The number of benzene rings is 1. The summed E-state index contributed by atoms with van der Waals surface area (Å²) in [5.74, 6) is 0.438. The Morgan fingerprint density at radius 1 is 1.19 bits per heavy atom. The van der Waals surface area contributed by atoms with Crippen molar-refractivity contribution in [2.24, 2.45) is 0 Å². The van der Waals surface area contributed by atoms with Gasteiger partial charge in [-0.1, -0.05) is 18.0 Å². The Hall–Kier alpha value is -1.87. The van der Waals surface area contributed by atoms with Crippen molar-refractivity contribution in [3.05, 3.63) is 52.9 Å². The van der Waals surface area contributed by atoms with Crippen LogP contribution in [-0.4, -0.2) is 44.4 Å². The topological polar surface area (TPSA) is 91.6 Å². The van der Waals surface area contributed by atoms with E-state index in [0.29, 0.717) is 6.54 Å². The zero-order valence-corrected chi connectivity index (χ0v) is 19.7. The molecule has 1 amide bonds. The van der Waals surface area contributed by atoms with E-state index in [1.54, 1.807) is 27.0 Å². The third-order valence-electron chi connectivity index (χ3n) is 5.08. The third kappa shape index (κ3) is 6.32. The number of carbonyl (C=O) groups excluding carboxylic acids is 1. The van der Waals surface area contributed by atoms with Gasteiger partial charge in [0.2, 0.25) is 10.0 Å². The van der Waals surface area contributed by atoms with Crippen LogP contribution in [0.25, 0.3) is 0 Å². The number of amides is 1. The van der Waals surface area contributed by atoms with Crippen molar-refractivity contribution in [3.63, 3.8) is 0 Å². The molecule has 2 heterocycles. The quantitative estimate of drug-likeness (QED) is 0.642. The van der Waals surface area contributed by atoms with Crippen LogP contribution in [0, 0.1) is 0 Å². The van der Waals surface area contributed by atoms with E-state index in [0.717, 1.165) is 31.7 Å². The van der Waals surface area contributed by atoms with Crippen LogP contribution in [0.2, 0.25) is 5.02 Å². The van der Waals surface area contributed by atoms with E-state index in [9.17, 15) is 13.2 Å². The molecular formula is C22H30ClN3O4S. The Labute approximate surface area is 189 Å². The van der Waals surface area contributed by atoms with Crippen LogP contribution in [0.1, 0.15) is 62.2 Å². The number of carbonyl (C=O) groups is 1. The molecule has 0 radical (unpaired) electrons. The molecule has 2 N–H and O–H groups in total. The van der Waals surface area contributed by atoms with E-state index in [1.807, 2.05) is 12.1 Å². The maximum Gasteiger partial charge on any atom is 0.251 e. The van der Waals surface area contributed by atoms with E-state index in [2.05, 4.69) is 14.9 Å². The van der Waals surface area contributed by atoms with Crippen molar-refractivity contribution in [1.29, 1.82) is 0 Å². The first-order valence-electron chi connectivity index (χ1n) is 10.5. The molecular weight excluding hydrogens is 438 g/mol. The van der Waals surface area contributed by atoms with Gasteiger partial charge in [0.15, 0.2) is 0 Å². The first-order chi connectivity index (χ1) is 14.6. The number of likely N-dealkylation sites (tertiary alicyclic amines) is 1. The Kier molecular flexibility index (Phi) is 7.47. The van der Waals surface area contributed by atoms with Crippen LogP contribution in [0.4, 0.5) is 0 Å². The van der Waals surface area contributed by atoms with Crippen LogP contribution in [-0.2, 0) is 10.0 Å². The number of hydrogen-bond donors (Lipinski definition) is 2. The molecule has 2 aromatic rings. The monoisotopic (exact) mass is 467 g/mol. The van der Waals surface area contributed by atoms with Gasteiger partial charge in [-0.2, -0.15) is 0 Å². The normalized spacial score (nSPS) is 16.8. The van der Waals surface area contributed by atoms with Gasteiger partial charge >= 0.3 is 0 Å². The molecule has 1 aliphatic rings. The van der Waals surface area contributed by atoms with Crippen LogP contribution >= 0.6 is 11.6 Å². The second-order valence-electron chi connectivity index (χ2n) is 8.84. The van der Waals surface area contributed by atoms with Gasteiger partial charge in [-0.05, 0) is 77.0 Å². The lowest BCUT2D eigenvalue weighted by Crippen LogP contribution is -2.41. The van der Waals surface area contributed by atoms with Crippen molar-refractivity contribution >= 4 is 27.5 Å². The minimum Gasteiger partial charge on any atom is -0.468 e. The Morgan fingerprint density at radius 2 is 1.90 bits per heavy atom. The van der Waals surface area contributed by atoms with Gasteiger partial charge in [0.25, 0.3) is 5.91 Å². The van der Waals surface area contributed by atoms with Crippen molar-refractivity contribution in [3.8, 4) is 0 Å². The van der Waals surface area contributed by atoms with Crippen molar-refractivity contribution in [1.82, 2.24) is 14.9 Å². The number of halogens is 1. The summed E-state index contributed by atoms with van der Waals surface area (Å²) in [7, 11) is -3.87. The second-order valence-corrected chi connectivity index (χ2v) is 10.9. The fraction of sp³-hybridized carbons (Fsp3) is 0.500. The summed E-state index contributed by atoms with van der Waals surface area (Å²) < 4.78 is 33.6. The van der Waals surface area contributed by atoms with Crippen molar-refractivity contribution < 1.29 is 17.6 Å². The number of rotatable bonds is 7. The number of piperidine rings is 1. The van der Waals surface area contributed by atoms with Crippen LogP contribution in [0.3, 0.4) is 0 Å². The zero-order valence-electron chi connectivity index (χ0n) is 18.2. The zero-order chi connectivity index (χ0) is 22.6. The number of sulfonamides is 1. The molecule has 3 rings (SSSR count). The highest BCUT2D eigenvalue weighted by atomic mass is 35.5. The molecule has 0 bridgehead atoms. The highest BCUT2D eigenvalue weighted by Crippen LogP contribution is 2.26. The molecule has 31 heavy (non-hydrogen) atoms. The van der Waals surface area contributed by atoms with Crippen LogP contribution in [0.15, 0.2) is 45.9 Å². The number of furan rings is 1. The molecule has 1 aliphatic heterocycles. The maximum absolute atomic E-state index is 12.9. The van der Waals surface area contributed by atoms with Gasteiger partial charge in [-0.15, -0.1) is 0 Å². The predicted octanol–water partition coefficient (Wildman–Crippen LogP) is 3.97. The van der Waals surface area contributed by atoms with Gasteiger partial charge in [0.1, 0.15) is 10.7 Å². The highest BCUT2D eigenvalue weighted by molar-refractivity contribution is 7.89. The molecule has 9 heteroatoms. The number of nitrogens with one attached hydrogen (secondary N) is 2. The average molecular weight is 468 g/mol. The van der Waals surface area contributed by atoms with Gasteiger partial charge in [0, 0.05) is 17.6 Å². The Balaban J connectivity index is 1.76. The molecule has 0 aliphatic carbocycles. The first-order valence-corrected chi connectivity index (χ1v) is 12.3. The molecule has 1 saturated heterocycles. The van der Waals surface area contributed by atoms with Crippen LogP contribution < -0.4 is 10.0 Å². The molecule has 170 valence electrons.